The van der Waals surface area contributed by atoms with Gasteiger partial charge in [0, 0.05) is 38.3 Å². The molecule has 0 bridgehead atoms. The lowest BCUT2D eigenvalue weighted by molar-refractivity contribution is -0.118. The Hall–Kier alpha value is -2.04. The average molecular weight is 330 g/mol. The van der Waals surface area contributed by atoms with Crippen molar-refractivity contribution in [3.05, 3.63) is 29.8 Å². The van der Waals surface area contributed by atoms with Crippen molar-refractivity contribution in [2.75, 3.05) is 31.1 Å². The van der Waals surface area contributed by atoms with Crippen LogP contribution in [0.1, 0.15) is 39.2 Å². The fraction of sp³-hybridized carbons (Fsp3) is 0.579. The van der Waals surface area contributed by atoms with E-state index in [1.807, 2.05) is 23.1 Å². The molecule has 0 aromatic heterocycles. The summed E-state index contributed by atoms with van der Waals surface area (Å²) in [6.45, 7) is 9.57. The number of anilines is 1. The highest BCUT2D eigenvalue weighted by Gasteiger charge is 2.23. The van der Waals surface area contributed by atoms with E-state index in [2.05, 4.69) is 42.5 Å². The van der Waals surface area contributed by atoms with E-state index in [4.69, 9.17) is 0 Å². The van der Waals surface area contributed by atoms with Gasteiger partial charge in [-0.1, -0.05) is 32.0 Å². The number of para-hydroxylation sites is 1. The van der Waals surface area contributed by atoms with Gasteiger partial charge in [0.05, 0.1) is 0 Å². The Bertz CT molecular complexity index is 568. The average Bonchev–Trinajstić information content (AvgIpc) is 3.00. The molecule has 0 spiro atoms. The first-order valence-corrected chi connectivity index (χ1v) is 9.02. The molecule has 1 aliphatic rings. The minimum atomic E-state index is 0.214. The number of hydrogen-bond acceptors (Lipinski definition) is 2. The summed E-state index contributed by atoms with van der Waals surface area (Å²) in [5, 5.41) is 6.55. The molecule has 0 atom stereocenters. The number of carbonyl (C=O) groups is 1. The fourth-order valence-electron chi connectivity index (χ4n) is 2.79. The summed E-state index contributed by atoms with van der Waals surface area (Å²) in [5.41, 5.74) is 2.36. The van der Waals surface area contributed by atoms with E-state index in [1.54, 1.807) is 0 Å². The highest BCUT2D eigenvalue weighted by atomic mass is 16.2. The van der Waals surface area contributed by atoms with Crippen LogP contribution in [0.25, 0.3) is 0 Å². The number of benzene rings is 1. The van der Waals surface area contributed by atoms with Crippen molar-refractivity contribution in [2.45, 2.75) is 40.0 Å². The summed E-state index contributed by atoms with van der Waals surface area (Å²) in [5.74, 6) is 1.59. The first-order valence-electron chi connectivity index (χ1n) is 9.02. The molecule has 1 aliphatic heterocycles. The first kappa shape index (κ1) is 18.3. The van der Waals surface area contributed by atoms with Gasteiger partial charge in [-0.3, -0.25) is 9.79 Å². The minimum Gasteiger partial charge on any atom is -0.357 e. The lowest BCUT2D eigenvalue weighted by atomic mass is 10.2. The van der Waals surface area contributed by atoms with E-state index in [-0.39, 0.29) is 5.91 Å². The predicted octanol–water partition coefficient (Wildman–Crippen LogP) is 2.57. The Morgan fingerprint density at radius 3 is 2.83 bits per heavy atom. The Morgan fingerprint density at radius 1 is 1.29 bits per heavy atom. The Balaban J connectivity index is 1.75. The van der Waals surface area contributed by atoms with Crippen molar-refractivity contribution in [1.29, 1.82) is 0 Å². The summed E-state index contributed by atoms with van der Waals surface area (Å²) in [6, 6.07) is 8.19. The van der Waals surface area contributed by atoms with Crippen LogP contribution < -0.4 is 15.5 Å². The van der Waals surface area contributed by atoms with Crippen LogP contribution in [0.15, 0.2) is 29.3 Å². The van der Waals surface area contributed by atoms with Gasteiger partial charge >= 0.3 is 0 Å². The highest BCUT2D eigenvalue weighted by molar-refractivity contribution is 5.95. The van der Waals surface area contributed by atoms with E-state index >= 15 is 0 Å². The zero-order valence-corrected chi connectivity index (χ0v) is 15.1. The van der Waals surface area contributed by atoms with Crippen LogP contribution in [-0.4, -0.2) is 38.0 Å². The Morgan fingerprint density at radius 2 is 2.08 bits per heavy atom. The molecule has 24 heavy (non-hydrogen) atoms. The van der Waals surface area contributed by atoms with Gasteiger partial charge in [0.1, 0.15) is 0 Å². The topological polar surface area (TPSA) is 56.7 Å². The smallest absolute Gasteiger partial charge is 0.227 e. The van der Waals surface area contributed by atoms with Crippen molar-refractivity contribution in [3.63, 3.8) is 0 Å². The molecule has 1 aromatic carbocycles. The second-order valence-corrected chi connectivity index (χ2v) is 6.57. The largest absolute Gasteiger partial charge is 0.357 e. The fourth-order valence-corrected chi connectivity index (χ4v) is 2.79. The number of guanidine groups is 1. The summed E-state index contributed by atoms with van der Waals surface area (Å²) < 4.78 is 0. The van der Waals surface area contributed by atoms with Crippen molar-refractivity contribution in [1.82, 2.24) is 10.6 Å². The molecule has 1 heterocycles. The van der Waals surface area contributed by atoms with Crippen LogP contribution in [0.2, 0.25) is 0 Å². The Labute approximate surface area is 145 Å². The number of carbonyl (C=O) groups excluding carboxylic acids is 1. The molecule has 2 N–H and O–H groups in total. The summed E-state index contributed by atoms with van der Waals surface area (Å²) in [7, 11) is 0. The molecule has 0 unspecified atom stereocenters. The molecule has 0 fully saturated rings. The number of fused-ring (bicyclic) bond motifs is 1. The summed E-state index contributed by atoms with van der Waals surface area (Å²) in [6.07, 6.45) is 2.33. The molecule has 0 saturated heterocycles. The van der Waals surface area contributed by atoms with Gasteiger partial charge in [-0.2, -0.15) is 0 Å². The second-order valence-electron chi connectivity index (χ2n) is 6.57. The number of rotatable bonds is 7. The van der Waals surface area contributed by atoms with Gasteiger partial charge in [0.2, 0.25) is 5.91 Å². The van der Waals surface area contributed by atoms with E-state index < -0.39 is 0 Å². The van der Waals surface area contributed by atoms with Crippen molar-refractivity contribution < 1.29 is 4.79 Å². The maximum absolute atomic E-state index is 12.4. The van der Waals surface area contributed by atoms with Crippen LogP contribution in [0.3, 0.4) is 0 Å². The van der Waals surface area contributed by atoms with Gasteiger partial charge in [-0.25, -0.2) is 0 Å². The third-order valence-corrected chi connectivity index (χ3v) is 4.01. The number of amides is 1. The van der Waals surface area contributed by atoms with E-state index in [0.717, 1.165) is 50.7 Å². The predicted molar refractivity (Wildman–Crippen MR) is 101 cm³/mol. The van der Waals surface area contributed by atoms with Crippen LogP contribution in [-0.2, 0) is 11.2 Å². The van der Waals surface area contributed by atoms with Crippen molar-refractivity contribution >= 4 is 17.6 Å². The number of aliphatic imine (C=N–C) groups is 1. The van der Waals surface area contributed by atoms with Gasteiger partial charge in [0.15, 0.2) is 5.96 Å². The lowest BCUT2D eigenvalue weighted by Gasteiger charge is -2.17. The number of nitrogens with one attached hydrogen (secondary N) is 2. The van der Waals surface area contributed by atoms with Crippen LogP contribution in [0, 0.1) is 5.92 Å². The molecule has 1 amide bonds. The highest BCUT2D eigenvalue weighted by Crippen LogP contribution is 2.27. The maximum atomic E-state index is 12.4. The van der Waals surface area contributed by atoms with E-state index in [1.165, 1.54) is 5.56 Å². The monoisotopic (exact) mass is 330 g/mol. The maximum Gasteiger partial charge on any atom is 0.227 e. The molecule has 0 aliphatic carbocycles. The third kappa shape index (κ3) is 5.25. The molecule has 5 nitrogen and oxygen atoms in total. The minimum absolute atomic E-state index is 0.214. The number of hydrogen-bond donors (Lipinski definition) is 2. The standard InChI is InChI=1S/C19H30N4O/c1-4-20-19(22-14-15(2)3)21-12-7-10-18(24)23-13-11-16-8-5-6-9-17(16)23/h5-6,8-9,15H,4,7,10-14H2,1-3H3,(H2,20,21,22). The normalized spacial score (nSPS) is 14.0. The summed E-state index contributed by atoms with van der Waals surface area (Å²) in [4.78, 5) is 18.9. The van der Waals surface area contributed by atoms with Crippen LogP contribution >= 0.6 is 0 Å². The zero-order valence-electron chi connectivity index (χ0n) is 15.1. The molecular formula is C19H30N4O. The molecule has 1 aromatic rings. The van der Waals surface area contributed by atoms with Gasteiger partial charge < -0.3 is 15.5 Å². The first-order chi connectivity index (χ1) is 11.6. The van der Waals surface area contributed by atoms with E-state index in [0.29, 0.717) is 12.3 Å². The van der Waals surface area contributed by atoms with Crippen molar-refractivity contribution in [3.8, 4) is 0 Å². The SMILES string of the molecule is CCNC(=NCC(C)C)NCCCC(=O)N1CCc2ccccc21. The quantitative estimate of drug-likeness (QED) is 0.459. The molecule has 0 radical (unpaired) electrons. The molecule has 5 heteroatoms. The lowest BCUT2D eigenvalue weighted by Crippen LogP contribution is -2.38. The zero-order chi connectivity index (χ0) is 17.4. The molecule has 132 valence electrons. The molecular weight excluding hydrogens is 300 g/mol. The molecule has 0 saturated carbocycles. The Kier molecular flexibility index (Phi) is 7.09. The van der Waals surface area contributed by atoms with E-state index in [9.17, 15) is 4.79 Å². The van der Waals surface area contributed by atoms with Crippen molar-refractivity contribution in [2.24, 2.45) is 10.9 Å². The van der Waals surface area contributed by atoms with Gasteiger partial charge in [0.25, 0.3) is 0 Å². The number of nitrogens with zero attached hydrogens (tertiary/aromatic N) is 2. The third-order valence-electron chi connectivity index (χ3n) is 4.01. The van der Waals surface area contributed by atoms with Crippen LogP contribution in [0.4, 0.5) is 5.69 Å². The van der Waals surface area contributed by atoms with Gasteiger partial charge in [-0.15, -0.1) is 0 Å². The van der Waals surface area contributed by atoms with Crippen LogP contribution in [0.5, 0.6) is 0 Å². The summed E-state index contributed by atoms with van der Waals surface area (Å²) >= 11 is 0. The molecule has 2 rings (SSSR count). The second kappa shape index (κ2) is 9.30. The van der Waals surface area contributed by atoms with Gasteiger partial charge in [-0.05, 0) is 37.3 Å².